The lowest BCUT2D eigenvalue weighted by Crippen LogP contribution is -2.29. The highest BCUT2D eigenvalue weighted by molar-refractivity contribution is 5.96. The lowest BCUT2D eigenvalue weighted by molar-refractivity contribution is -0.384. The van der Waals surface area contributed by atoms with Crippen LogP contribution in [0.1, 0.15) is 12.5 Å². The van der Waals surface area contributed by atoms with Crippen LogP contribution in [-0.2, 0) is 14.3 Å². The second-order valence-electron chi connectivity index (χ2n) is 6.11. The molecular formula is C20H18N2O7. The van der Waals surface area contributed by atoms with Gasteiger partial charge < -0.3 is 19.5 Å². The van der Waals surface area contributed by atoms with Crippen molar-refractivity contribution in [2.45, 2.75) is 13.0 Å². The molecule has 0 spiro atoms. The average Bonchev–Trinajstić information content (AvgIpc) is 2.72. The average molecular weight is 398 g/mol. The number of non-ortho nitro benzene ring substituents is 1. The predicted octanol–water partition coefficient (Wildman–Crippen LogP) is 2.95. The number of esters is 1. The fourth-order valence-corrected chi connectivity index (χ4v) is 2.54. The molecule has 1 aliphatic heterocycles. The Bertz CT molecular complexity index is 971. The van der Waals surface area contributed by atoms with Crippen LogP contribution in [0, 0.1) is 10.1 Å². The van der Waals surface area contributed by atoms with E-state index in [2.05, 4.69) is 5.32 Å². The van der Waals surface area contributed by atoms with E-state index in [1.165, 1.54) is 31.2 Å². The Morgan fingerprint density at radius 2 is 1.93 bits per heavy atom. The molecule has 2 aromatic carbocycles. The van der Waals surface area contributed by atoms with E-state index >= 15 is 0 Å². The van der Waals surface area contributed by atoms with Gasteiger partial charge in [-0.05, 0) is 30.7 Å². The van der Waals surface area contributed by atoms with Crippen LogP contribution >= 0.6 is 0 Å². The number of fused-ring (bicyclic) bond motifs is 1. The molecule has 0 saturated heterocycles. The van der Waals surface area contributed by atoms with Gasteiger partial charge in [0.25, 0.3) is 11.6 Å². The summed E-state index contributed by atoms with van der Waals surface area (Å²) < 4.78 is 15.9. The zero-order valence-electron chi connectivity index (χ0n) is 15.5. The Hall–Kier alpha value is -3.88. The summed E-state index contributed by atoms with van der Waals surface area (Å²) in [5.74, 6) is -0.140. The van der Waals surface area contributed by atoms with Crippen LogP contribution in [0.3, 0.4) is 0 Å². The third-order valence-corrected chi connectivity index (χ3v) is 3.96. The highest BCUT2D eigenvalue weighted by atomic mass is 16.6. The van der Waals surface area contributed by atoms with Crippen LogP contribution in [0.4, 0.5) is 11.4 Å². The summed E-state index contributed by atoms with van der Waals surface area (Å²) in [7, 11) is 0. The highest BCUT2D eigenvalue weighted by Gasteiger charge is 2.18. The molecule has 1 aliphatic rings. The third-order valence-electron chi connectivity index (χ3n) is 3.96. The van der Waals surface area contributed by atoms with Gasteiger partial charge in [0.15, 0.2) is 17.6 Å². The molecule has 3 rings (SSSR count). The predicted molar refractivity (Wildman–Crippen MR) is 104 cm³/mol. The van der Waals surface area contributed by atoms with Crippen LogP contribution in [-0.4, -0.2) is 36.1 Å². The first-order chi connectivity index (χ1) is 13.9. The minimum absolute atomic E-state index is 0.0901. The van der Waals surface area contributed by atoms with Gasteiger partial charge >= 0.3 is 5.97 Å². The maximum absolute atomic E-state index is 12.3. The number of carbonyl (C=O) groups is 2. The second kappa shape index (κ2) is 8.87. The number of anilines is 1. The van der Waals surface area contributed by atoms with E-state index in [0.29, 0.717) is 36.0 Å². The minimum Gasteiger partial charge on any atom is -0.486 e. The normalized spacial score (nSPS) is 13.6. The molecule has 1 amide bonds. The van der Waals surface area contributed by atoms with Gasteiger partial charge in [-0.2, -0.15) is 0 Å². The van der Waals surface area contributed by atoms with E-state index in [0.717, 1.165) is 6.08 Å². The van der Waals surface area contributed by atoms with E-state index in [4.69, 9.17) is 14.2 Å². The van der Waals surface area contributed by atoms with E-state index in [-0.39, 0.29) is 5.69 Å². The molecule has 2 aromatic rings. The van der Waals surface area contributed by atoms with Crippen molar-refractivity contribution >= 4 is 29.3 Å². The molecule has 0 unspecified atom stereocenters. The van der Waals surface area contributed by atoms with Gasteiger partial charge in [-0.3, -0.25) is 14.9 Å². The standard InChI is InChI=1S/C20H18N2O7/c1-13(20(24)21-15-6-7-17-18(12-15)28-10-9-27-17)29-19(23)8-5-14-3-2-4-16(11-14)22(25)26/h2-8,11-13H,9-10H2,1H3,(H,21,24)/b8-5+/t13-/m1/s1. The lowest BCUT2D eigenvalue weighted by atomic mass is 10.2. The molecule has 9 nitrogen and oxygen atoms in total. The van der Waals surface area contributed by atoms with Crippen LogP contribution < -0.4 is 14.8 Å². The summed E-state index contributed by atoms with van der Waals surface area (Å²) in [5, 5.41) is 13.4. The number of nitrogens with zero attached hydrogens (tertiary/aromatic N) is 1. The smallest absolute Gasteiger partial charge is 0.331 e. The summed E-state index contributed by atoms with van der Waals surface area (Å²) in [6.45, 7) is 2.33. The van der Waals surface area contributed by atoms with Crippen molar-refractivity contribution in [1.29, 1.82) is 0 Å². The quantitative estimate of drug-likeness (QED) is 0.344. The van der Waals surface area contributed by atoms with Crippen molar-refractivity contribution in [2.24, 2.45) is 0 Å². The largest absolute Gasteiger partial charge is 0.486 e. The zero-order valence-corrected chi connectivity index (χ0v) is 15.5. The summed E-state index contributed by atoms with van der Waals surface area (Å²) in [5.41, 5.74) is 0.853. The molecular weight excluding hydrogens is 380 g/mol. The van der Waals surface area contributed by atoms with Crippen LogP contribution in [0.2, 0.25) is 0 Å². The maximum atomic E-state index is 12.3. The monoisotopic (exact) mass is 398 g/mol. The first-order valence-corrected chi connectivity index (χ1v) is 8.76. The van der Waals surface area contributed by atoms with Crippen LogP contribution in [0.5, 0.6) is 11.5 Å². The maximum Gasteiger partial charge on any atom is 0.331 e. The topological polar surface area (TPSA) is 117 Å². The van der Waals surface area contributed by atoms with Gasteiger partial charge in [0.05, 0.1) is 4.92 Å². The summed E-state index contributed by atoms with van der Waals surface area (Å²) in [6, 6.07) is 10.7. The van der Waals surface area contributed by atoms with E-state index in [9.17, 15) is 19.7 Å². The molecule has 150 valence electrons. The van der Waals surface area contributed by atoms with E-state index < -0.39 is 22.9 Å². The van der Waals surface area contributed by atoms with Gasteiger partial charge in [0, 0.05) is 30.0 Å². The van der Waals surface area contributed by atoms with Crippen molar-refractivity contribution in [3.63, 3.8) is 0 Å². The molecule has 0 aliphatic carbocycles. The number of nitrogens with one attached hydrogen (secondary N) is 1. The van der Waals surface area contributed by atoms with Crippen molar-refractivity contribution in [2.75, 3.05) is 18.5 Å². The third kappa shape index (κ3) is 5.32. The molecule has 0 fully saturated rings. The molecule has 0 radical (unpaired) electrons. The van der Waals surface area contributed by atoms with Gasteiger partial charge in [0.1, 0.15) is 13.2 Å². The summed E-state index contributed by atoms with van der Waals surface area (Å²) in [4.78, 5) is 34.4. The Kier molecular flexibility index (Phi) is 6.08. The Morgan fingerprint density at radius 3 is 2.69 bits per heavy atom. The van der Waals surface area contributed by atoms with Gasteiger partial charge in [-0.1, -0.05) is 12.1 Å². The number of rotatable bonds is 6. The fourth-order valence-electron chi connectivity index (χ4n) is 2.54. The number of hydrogen-bond donors (Lipinski definition) is 1. The number of nitro groups is 1. The number of benzene rings is 2. The van der Waals surface area contributed by atoms with Crippen LogP contribution in [0.25, 0.3) is 6.08 Å². The number of hydrogen-bond acceptors (Lipinski definition) is 7. The molecule has 29 heavy (non-hydrogen) atoms. The van der Waals surface area contributed by atoms with Gasteiger partial charge in [-0.15, -0.1) is 0 Å². The number of nitro benzene ring substituents is 1. The van der Waals surface area contributed by atoms with Crippen molar-refractivity contribution in [3.05, 3.63) is 64.2 Å². The SMILES string of the molecule is C[C@@H](OC(=O)/C=C/c1cccc([N+](=O)[O-])c1)C(=O)Nc1ccc2c(c1)OCCO2. The lowest BCUT2D eigenvalue weighted by Gasteiger charge is -2.19. The first kappa shape index (κ1) is 19.9. The molecule has 1 heterocycles. The fraction of sp³-hybridized carbons (Fsp3) is 0.200. The molecule has 9 heteroatoms. The van der Waals surface area contributed by atoms with E-state index in [1.54, 1.807) is 24.3 Å². The van der Waals surface area contributed by atoms with Crippen molar-refractivity contribution in [1.82, 2.24) is 0 Å². The minimum atomic E-state index is -1.05. The Morgan fingerprint density at radius 1 is 1.17 bits per heavy atom. The van der Waals surface area contributed by atoms with Crippen LogP contribution in [0.15, 0.2) is 48.5 Å². The number of carbonyl (C=O) groups excluding carboxylic acids is 2. The second-order valence-corrected chi connectivity index (χ2v) is 6.11. The van der Waals surface area contributed by atoms with Crippen molar-refractivity contribution in [3.8, 4) is 11.5 Å². The number of ether oxygens (including phenoxy) is 3. The molecule has 0 bridgehead atoms. The van der Waals surface area contributed by atoms with E-state index in [1.807, 2.05) is 0 Å². The van der Waals surface area contributed by atoms with Gasteiger partial charge in [0.2, 0.25) is 0 Å². The molecule has 0 aromatic heterocycles. The summed E-state index contributed by atoms with van der Waals surface area (Å²) >= 11 is 0. The first-order valence-electron chi connectivity index (χ1n) is 8.76. The highest BCUT2D eigenvalue weighted by Crippen LogP contribution is 2.32. The molecule has 1 atom stereocenters. The number of amides is 1. The Labute approximate surface area is 166 Å². The summed E-state index contributed by atoms with van der Waals surface area (Å²) in [6.07, 6.45) is 1.43. The molecule has 1 N–H and O–H groups in total. The van der Waals surface area contributed by atoms with Gasteiger partial charge in [-0.25, -0.2) is 4.79 Å². The van der Waals surface area contributed by atoms with Crippen molar-refractivity contribution < 1.29 is 28.7 Å². The zero-order chi connectivity index (χ0) is 20.8. The molecule has 0 saturated carbocycles. The Balaban J connectivity index is 1.55.